The van der Waals surface area contributed by atoms with Gasteiger partial charge in [-0.15, -0.1) is 5.10 Å². The van der Waals surface area contributed by atoms with Crippen molar-refractivity contribution < 1.29 is 9.53 Å². The van der Waals surface area contributed by atoms with Crippen molar-refractivity contribution in [3.05, 3.63) is 40.8 Å². The van der Waals surface area contributed by atoms with Gasteiger partial charge in [-0.25, -0.2) is 0 Å². The van der Waals surface area contributed by atoms with E-state index in [4.69, 9.17) is 4.74 Å². The second-order valence-corrected chi connectivity index (χ2v) is 5.68. The highest BCUT2D eigenvalue weighted by Gasteiger charge is 2.16. The molecule has 116 valence electrons. The van der Waals surface area contributed by atoms with Crippen molar-refractivity contribution >= 4 is 23.4 Å². The number of aromatic nitrogens is 3. The van der Waals surface area contributed by atoms with E-state index in [9.17, 15) is 9.59 Å². The van der Waals surface area contributed by atoms with Crippen molar-refractivity contribution in [3.63, 3.8) is 0 Å². The van der Waals surface area contributed by atoms with Gasteiger partial charge >= 0.3 is 0 Å². The molecule has 0 saturated heterocycles. The van der Waals surface area contributed by atoms with Gasteiger partial charge in [0.1, 0.15) is 11.9 Å². The number of nitrogens with zero attached hydrogens (tertiary/aromatic N) is 2. The first-order valence-electron chi connectivity index (χ1n) is 6.71. The average Bonchev–Trinajstić information content (AvgIpc) is 2.49. The van der Waals surface area contributed by atoms with Crippen molar-refractivity contribution in [2.75, 3.05) is 11.9 Å². The minimum absolute atomic E-state index is 0.194. The SMILES string of the molecule is CCOc1ccc(NC(=O)[C@@H](C)Sc2nncc(=O)[nH]2)cc1. The number of aromatic amines is 1. The summed E-state index contributed by atoms with van der Waals surface area (Å²) >= 11 is 1.13. The molecule has 0 radical (unpaired) electrons. The van der Waals surface area contributed by atoms with E-state index < -0.39 is 5.25 Å². The minimum Gasteiger partial charge on any atom is -0.494 e. The lowest BCUT2D eigenvalue weighted by molar-refractivity contribution is -0.115. The summed E-state index contributed by atoms with van der Waals surface area (Å²) in [5, 5.41) is 9.98. The summed E-state index contributed by atoms with van der Waals surface area (Å²) in [7, 11) is 0. The molecule has 0 saturated carbocycles. The van der Waals surface area contributed by atoms with Crippen molar-refractivity contribution in [1.29, 1.82) is 0 Å². The predicted molar refractivity (Wildman–Crippen MR) is 84.2 cm³/mol. The molecule has 2 rings (SSSR count). The number of ether oxygens (including phenoxy) is 1. The first kappa shape index (κ1) is 16.0. The highest BCUT2D eigenvalue weighted by atomic mass is 32.2. The third-order valence-electron chi connectivity index (χ3n) is 2.64. The predicted octanol–water partition coefficient (Wildman–Crippen LogP) is 1.68. The fourth-order valence-electron chi connectivity index (χ4n) is 1.62. The minimum atomic E-state index is -0.432. The van der Waals surface area contributed by atoms with Gasteiger partial charge in [-0.1, -0.05) is 11.8 Å². The van der Waals surface area contributed by atoms with E-state index in [0.717, 1.165) is 23.7 Å². The number of carbonyl (C=O) groups excluding carboxylic acids is 1. The maximum Gasteiger partial charge on any atom is 0.270 e. The standard InChI is InChI=1S/C14H16N4O3S/c1-3-21-11-6-4-10(5-7-11)16-13(20)9(2)22-14-17-12(19)8-15-18-14/h4-9H,3H2,1-2H3,(H,16,20)(H,17,18,19)/t9-/m1/s1. The van der Waals surface area contributed by atoms with E-state index in [2.05, 4.69) is 20.5 Å². The molecule has 1 heterocycles. The maximum absolute atomic E-state index is 12.1. The zero-order chi connectivity index (χ0) is 15.9. The fourth-order valence-corrected chi connectivity index (χ4v) is 2.37. The van der Waals surface area contributed by atoms with E-state index in [1.807, 2.05) is 6.92 Å². The molecule has 2 N–H and O–H groups in total. The zero-order valence-electron chi connectivity index (χ0n) is 12.2. The Balaban J connectivity index is 1.94. The van der Waals surface area contributed by atoms with E-state index >= 15 is 0 Å². The molecule has 2 aromatic rings. The van der Waals surface area contributed by atoms with Crippen LogP contribution in [0.1, 0.15) is 13.8 Å². The van der Waals surface area contributed by atoms with Crippen molar-refractivity contribution in [2.45, 2.75) is 24.3 Å². The van der Waals surface area contributed by atoms with Crippen LogP contribution in [0.3, 0.4) is 0 Å². The Morgan fingerprint density at radius 1 is 1.41 bits per heavy atom. The number of H-pyrrole nitrogens is 1. The van der Waals surface area contributed by atoms with E-state index in [0.29, 0.717) is 17.5 Å². The van der Waals surface area contributed by atoms with Crippen LogP contribution in [0.15, 0.2) is 40.4 Å². The van der Waals surface area contributed by atoms with Gasteiger partial charge in [-0.3, -0.25) is 14.6 Å². The Bertz CT molecular complexity index is 687. The van der Waals surface area contributed by atoms with Crippen LogP contribution in [0.25, 0.3) is 0 Å². The Morgan fingerprint density at radius 3 is 2.77 bits per heavy atom. The molecule has 1 aromatic carbocycles. The normalized spacial score (nSPS) is 11.7. The molecule has 0 spiro atoms. The molecule has 0 aliphatic heterocycles. The number of thioether (sulfide) groups is 1. The van der Waals surface area contributed by atoms with Crippen LogP contribution in [0.4, 0.5) is 5.69 Å². The van der Waals surface area contributed by atoms with Crippen LogP contribution in [0.5, 0.6) is 5.75 Å². The van der Waals surface area contributed by atoms with Crippen molar-refractivity contribution in [3.8, 4) is 5.75 Å². The van der Waals surface area contributed by atoms with Gasteiger partial charge in [0, 0.05) is 5.69 Å². The monoisotopic (exact) mass is 320 g/mol. The van der Waals surface area contributed by atoms with Crippen molar-refractivity contribution in [2.24, 2.45) is 0 Å². The second-order valence-electron chi connectivity index (χ2n) is 4.35. The highest BCUT2D eigenvalue weighted by molar-refractivity contribution is 8.00. The lowest BCUT2D eigenvalue weighted by Gasteiger charge is -2.11. The average molecular weight is 320 g/mol. The fraction of sp³-hybridized carbons (Fsp3) is 0.286. The van der Waals surface area contributed by atoms with Gasteiger partial charge in [-0.2, -0.15) is 5.10 Å². The second kappa shape index (κ2) is 7.60. The van der Waals surface area contributed by atoms with Crippen LogP contribution in [-0.2, 0) is 4.79 Å². The summed E-state index contributed by atoms with van der Waals surface area (Å²) in [6.07, 6.45) is 1.08. The van der Waals surface area contributed by atoms with Crippen LogP contribution in [0.2, 0.25) is 0 Å². The van der Waals surface area contributed by atoms with E-state index in [-0.39, 0.29) is 11.5 Å². The first-order chi connectivity index (χ1) is 10.6. The number of carbonyl (C=O) groups is 1. The summed E-state index contributed by atoms with van der Waals surface area (Å²) in [6.45, 7) is 4.22. The third-order valence-corrected chi connectivity index (χ3v) is 3.62. The molecule has 0 bridgehead atoms. The Labute approximate surface area is 131 Å². The lowest BCUT2D eigenvalue weighted by Crippen LogP contribution is -2.23. The molecule has 7 nitrogen and oxygen atoms in total. The number of nitrogens with one attached hydrogen (secondary N) is 2. The largest absolute Gasteiger partial charge is 0.494 e. The number of hydrogen-bond donors (Lipinski definition) is 2. The molecule has 1 amide bonds. The third kappa shape index (κ3) is 4.59. The molecule has 1 atom stereocenters. The Hall–Kier alpha value is -2.35. The molecular weight excluding hydrogens is 304 g/mol. The summed E-state index contributed by atoms with van der Waals surface area (Å²) in [5.74, 6) is 0.556. The van der Waals surface area contributed by atoms with Crippen molar-refractivity contribution in [1.82, 2.24) is 15.2 Å². The molecule has 0 aliphatic rings. The van der Waals surface area contributed by atoms with Gasteiger partial charge in [0.05, 0.1) is 11.9 Å². The Morgan fingerprint density at radius 2 is 2.14 bits per heavy atom. The number of amides is 1. The molecule has 1 aromatic heterocycles. The maximum atomic E-state index is 12.1. The van der Waals surface area contributed by atoms with Gasteiger partial charge in [0.15, 0.2) is 5.16 Å². The van der Waals surface area contributed by atoms with Gasteiger partial charge in [-0.05, 0) is 38.1 Å². The Kier molecular flexibility index (Phi) is 5.54. The number of anilines is 1. The summed E-state index contributed by atoms with van der Waals surface area (Å²) < 4.78 is 5.34. The number of hydrogen-bond acceptors (Lipinski definition) is 6. The van der Waals surface area contributed by atoms with Gasteiger partial charge < -0.3 is 10.1 Å². The topological polar surface area (TPSA) is 97.0 Å². The summed E-state index contributed by atoms with van der Waals surface area (Å²) in [6, 6.07) is 7.11. The number of rotatable bonds is 6. The van der Waals surface area contributed by atoms with Gasteiger partial charge in [0.2, 0.25) is 5.91 Å². The molecule has 0 unspecified atom stereocenters. The van der Waals surface area contributed by atoms with E-state index in [1.165, 1.54) is 0 Å². The molecule has 0 fully saturated rings. The molecular formula is C14H16N4O3S. The highest BCUT2D eigenvalue weighted by Crippen LogP contribution is 2.20. The van der Waals surface area contributed by atoms with E-state index in [1.54, 1.807) is 31.2 Å². The van der Waals surface area contributed by atoms with Crippen LogP contribution >= 0.6 is 11.8 Å². The molecule has 22 heavy (non-hydrogen) atoms. The number of benzene rings is 1. The van der Waals surface area contributed by atoms with Crippen LogP contribution in [-0.4, -0.2) is 32.9 Å². The summed E-state index contributed by atoms with van der Waals surface area (Å²) in [4.78, 5) is 25.8. The van der Waals surface area contributed by atoms with Crippen LogP contribution in [0, 0.1) is 0 Å². The molecule has 8 heteroatoms. The lowest BCUT2D eigenvalue weighted by atomic mass is 10.3. The quantitative estimate of drug-likeness (QED) is 0.786. The van der Waals surface area contributed by atoms with Gasteiger partial charge in [0.25, 0.3) is 5.56 Å². The molecule has 0 aliphatic carbocycles. The smallest absolute Gasteiger partial charge is 0.270 e. The summed E-state index contributed by atoms with van der Waals surface area (Å²) in [5.41, 5.74) is 0.324. The van der Waals surface area contributed by atoms with Crippen LogP contribution < -0.4 is 15.6 Å². The first-order valence-corrected chi connectivity index (χ1v) is 7.59. The zero-order valence-corrected chi connectivity index (χ0v) is 13.0.